The number of aromatic nitrogens is 2. The Labute approximate surface area is 113 Å². The number of nitrogens with two attached hydrogens (primary N) is 1. The Balaban J connectivity index is 2.08. The summed E-state index contributed by atoms with van der Waals surface area (Å²) in [6.07, 6.45) is -0.685. The largest absolute Gasteiger partial charge is 0.445 e. The van der Waals surface area contributed by atoms with Crippen molar-refractivity contribution in [3.63, 3.8) is 0 Å². The molecule has 1 aromatic rings. The minimum atomic E-state index is -4.44. The molecule has 1 heterocycles. The van der Waals surface area contributed by atoms with Crippen molar-refractivity contribution in [1.82, 2.24) is 10.2 Å². The third-order valence-electron chi connectivity index (χ3n) is 3.66. The lowest BCUT2D eigenvalue weighted by Gasteiger charge is -2.39. The fourth-order valence-corrected chi connectivity index (χ4v) is 3.04. The van der Waals surface area contributed by atoms with Gasteiger partial charge in [0.25, 0.3) is 0 Å². The lowest BCUT2D eigenvalue weighted by Crippen LogP contribution is -2.48. The first-order valence-corrected chi connectivity index (χ1v) is 7.05. The number of anilines is 1. The van der Waals surface area contributed by atoms with Gasteiger partial charge in [-0.15, -0.1) is 10.2 Å². The van der Waals surface area contributed by atoms with Crippen LogP contribution in [0.3, 0.4) is 0 Å². The molecule has 0 saturated heterocycles. The second kappa shape index (κ2) is 5.24. The van der Waals surface area contributed by atoms with Crippen molar-refractivity contribution in [3.8, 4) is 0 Å². The Morgan fingerprint density at radius 2 is 2.00 bits per heavy atom. The first-order valence-electron chi connectivity index (χ1n) is 6.24. The molecule has 0 spiro atoms. The summed E-state index contributed by atoms with van der Waals surface area (Å²) in [7, 11) is 0. The Hall–Kier alpha value is -0.890. The van der Waals surface area contributed by atoms with Crippen LogP contribution in [0.4, 0.5) is 18.3 Å². The first kappa shape index (κ1) is 14.5. The van der Waals surface area contributed by atoms with E-state index in [4.69, 9.17) is 5.73 Å². The highest BCUT2D eigenvalue weighted by Crippen LogP contribution is 2.37. The molecule has 0 atom stereocenters. The van der Waals surface area contributed by atoms with Crippen LogP contribution in [0, 0.1) is 5.92 Å². The summed E-state index contributed by atoms with van der Waals surface area (Å²) in [5.74, 6) is 0.640. The van der Waals surface area contributed by atoms with Gasteiger partial charge in [0.15, 0.2) is 0 Å². The summed E-state index contributed by atoms with van der Waals surface area (Å²) < 4.78 is 37.4. The Kier molecular flexibility index (Phi) is 4.00. The number of halogens is 3. The van der Waals surface area contributed by atoms with Crippen LogP contribution in [0.5, 0.6) is 0 Å². The zero-order valence-corrected chi connectivity index (χ0v) is 11.4. The van der Waals surface area contributed by atoms with Gasteiger partial charge in [-0.2, -0.15) is 13.2 Å². The third kappa shape index (κ3) is 3.36. The van der Waals surface area contributed by atoms with Crippen LogP contribution in [0.15, 0.2) is 0 Å². The molecule has 1 saturated carbocycles. The van der Waals surface area contributed by atoms with E-state index in [0.717, 1.165) is 25.7 Å². The fraction of sp³-hybridized carbons (Fsp3) is 0.818. The molecule has 1 aliphatic rings. The van der Waals surface area contributed by atoms with E-state index in [0.29, 0.717) is 23.8 Å². The van der Waals surface area contributed by atoms with E-state index in [9.17, 15) is 13.2 Å². The van der Waals surface area contributed by atoms with E-state index in [2.05, 4.69) is 22.4 Å². The summed E-state index contributed by atoms with van der Waals surface area (Å²) in [4.78, 5) is 0. The number of nitrogens with one attached hydrogen (secondary N) is 1. The van der Waals surface area contributed by atoms with Gasteiger partial charge in [-0.3, -0.25) is 0 Å². The van der Waals surface area contributed by atoms with Crippen LogP contribution in [-0.2, 0) is 6.18 Å². The van der Waals surface area contributed by atoms with Gasteiger partial charge in [0, 0.05) is 6.54 Å². The Morgan fingerprint density at radius 3 is 2.47 bits per heavy atom. The molecule has 0 radical (unpaired) electrons. The van der Waals surface area contributed by atoms with Crippen molar-refractivity contribution in [1.29, 1.82) is 0 Å². The second-order valence-electron chi connectivity index (χ2n) is 5.20. The first-order chi connectivity index (χ1) is 8.85. The molecule has 1 aliphatic carbocycles. The van der Waals surface area contributed by atoms with Crippen LogP contribution < -0.4 is 11.1 Å². The fourth-order valence-electron chi connectivity index (χ4n) is 2.31. The van der Waals surface area contributed by atoms with Gasteiger partial charge in [-0.25, -0.2) is 0 Å². The number of alkyl halides is 3. The molecule has 3 N–H and O–H groups in total. The molecule has 0 unspecified atom stereocenters. The maximum atomic E-state index is 12.5. The van der Waals surface area contributed by atoms with Gasteiger partial charge in [0.1, 0.15) is 0 Å². The normalized spacial score (nSPS) is 28.4. The minimum Gasteiger partial charge on any atom is -0.353 e. The van der Waals surface area contributed by atoms with E-state index in [1.807, 2.05) is 0 Å². The summed E-state index contributed by atoms with van der Waals surface area (Å²) in [5, 5.41) is 9.10. The summed E-state index contributed by atoms with van der Waals surface area (Å²) in [6.45, 7) is 2.56. The summed E-state index contributed by atoms with van der Waals surface area (Å²) in [6, 6.07) is 0. The highest BCUT2D eigenvalue weighted by atomic mass is 32.1. The molecule has 1 fully saturated rings. The molecule has 0 aromatic carbocycles. The quantitative estimate of drug-likeness (QED) is 0.899. The number of hydrogen-bond acceptors (Lipinski definition) is 5. The molecular weight excluding hydrogens is 277 g/mol. The van der Waals surface area contributed by atoms with Crippen molar-refractivity contribution in [3.05, 3.63) is 5.01 Å². The highest BCUT2D eigenvalue weighted by Gasteiger charge is 2.38. The van der Waals surface area contributed by atoms with Crippen molar-refractivity contribution in [2.75, 3.05) is 11.9 Å². The molecule has 1 aromatic heterocycles. The molecule has 0 amide bonds. The van der Waals surface area contributed by atoms with Gasteiger partial charge in [0.05, 0.1) is 5.54 Å². The van der Waals surface area contributed by atoms with Gasteiger partial charge in [-0.05, 0) is 31.6 Å². The number of hydrogen-bond donors (Lipinski definition) is 2. The van der Waals surface area contributed by atoms with Gasteiger partial charge >= 0.3 is 6.18 Å². The average Bonchev–Trinajstić information content (AvgIpc) is 2.81. The standard InChI is InChI=1S/C11H17F3N4S/c1-7-2-4-10(6-15,5-3-7)16-9-18-17-8(19-9)11(12,13)14/h7H,2-6,15H2,1H3,(H,16,18). The van der Waals surface area contributed by atoms with E-state index in [1.54, 1.807) is 0 Å². The van der Waals surface area contributed by atoms with E-state index < -0.39 is 11.2 Å². The average molecular weight is 294 g/mol. The third-order valence-corrected chi connectivity index (χ3v) is 4.55. The number of nitrogens with zero attached hydrogens (tertiary/aromatic N) is 2. The summed E-state index contributed by atoms with van der Waals surface area (Å²) >= 11 is 0.534. The highest BCUT2D eigenvalue weighted by molar-refractivity contribution is 7.15. The van der Waals surface area contributed by atoms with Crippen molar-refractivity contribution in [2.24, 2.45) is 11.7 Å². The SMILES string of the molecule is CC1CCC(CN)(Nc2nnc(C(F)(F)F)s2)CC1. The van der Waals surface area contributed by atoms with Crippen LogP contribution >= 0.6 is 11.3 Å². The van der Waals surface area contributed by atoms with Crippen molar-refractivity contribution < 1.29 is 13.2 Å². The monoisotopic (exact) mass is 294 g/mol. The summed E-state index contributed by atoms with van der Waals surface area (Å²) in [5.41, 5.74) is 5.46. The molecule has 8 heteroatoms. The van der Waals surface area contributed by atoms with Crippen molar-refractivity contribution >= 4 is 16.5 Å². The Morgan fingerprint density at radius 1 is 1.37 bits per heavy atom. The van der Waals surface area contributed by atoms with Crippen LogP contribution in [0.2, 0.25) is 0 Å². The van der Waals surface area contributed by atoms with Gasteiger partial charge in [0.2, 0.25) is 10.1 Å². The molecule has 0 bridgehead atoms. The van der Waals surface area contributed by atoms with Crippen LogP contribution in [0.25, 0.3) is 0 Å². The zero-order chi connectivity index (χ0) is 14.1. The van der Waals surface area contributed by atoms with E-state index in [1.165, 1.54) is 0 Å². The van der Waals surface area contributed by atoms with Gasteiger partial charge < -0.3 is 11.1 Å². The lowest BCUT2D eigenvalue weighted by atomic mass is 9.77. The maximum Gasteiger partial charge on any atom is 0.445 e. The molecule has 0 aliphatic heterocycles. The molecule has 108 valence electrons. The van der Waals surface area contributed by atoms with E-state index in [-0.39, 0.29) is 10.7 Å². The van der Waals surface area contributed by atoms with Crippen LogP contribution in [0.1, 0.15) is 37.6 Å². The maximum absolute atomic E-state index is 12.5. The van der Waals surface area contributed by atoms with E-state index >= 15 is 0 Å². The Bertz CT molecular complexity index is 424. The second-order valence-corrected chi connectivity index (χ2v) is 6.18. The smallest absolute Gasteiger partial charge is 0.353 e. The molecule has 4 nitrogen and oxygen atoms in total. The molecule has 19 heavy (non-hydrogen) atoms. The predicted octanol–water partition coefficient (Wildman–Crippen LogP) is 2.88. The number of rotatable bonds is 3. The lowest BCUT2D eigenvalue weighted by molar-refractivity contribution is -0.138. The minimum absolute atomic E-state index is 0.201. The molecular formula is C11H17F3N4S. The predicted molar refractivity (Wildman–Crippen MR) is 68.0 cm³/mol. The van der Waals surface area contributed by atoms with Crippen LogP contribution in [-0.4, -0.2) is 22.3 Å². The zero-order valence-electron chi connectivity index (χ0n) is 10.6. The molecule has 2 rings (SSSR count). The van der Waals surface area contributed by atoms with Gasteiger partial charge in [-0.1, -0.05) is 18.3 Å². The topological polar surface area (TPSA) is 63.8 Å². The van der Waals surface area contributed by atoms with Crippen molar-refractivity contribution in [2.45, 2.75) is 44.3 Å².